The summed E-state index contributed by atoms with van der Waals surface area (Å²) < 4.78 is 8.13. The second-order valence-electron chi connectivity index (χ2n) is 8.46. The van der Waals surface area contributed by atoms with Gasteiger partial charge in [-0.1, -0.05) is 0 Å². The maximum Gasteiger partial charge on any atom is 0.317 e. The van der Waals surface area contributed by atoms with E-state index in [9.17, 15) is 4.79 Å². The molecule has 10 heteroatoms. The molecule has 1 spiro atoms. The molecule has 0 saturated carbocycles. The van der Waals surface area contributed by atoms with Crippen LogP contribution in [0.1, 0.15) is 44.2 Å². The Morgan fingerprint density at radius 3 is 2.97 bits per heavy atom. The van der Waals surface area contributed by atoms with Crippen molar-refractivity contribution in [1.82, 2.24) is 30.0 Å². The number of rotatable bonds is 5. The lowest BCUT2D eigenvalue weighted by atomic mass is 9.82. The largest absolute Gasteiger partial charge is 0.480 e. The lowest BCUT2D eigenvalue weighted by molar-refractivity contribution is 0.206. The Balaban J connectivity index is 1.39. The molecule has 0 bridgehead atoms. The van der Waals surface area contributed by atoms with Gasteiger partial charge in [-0.15, -0.1) is 11.3 Å². The molecule has 5 heterocycles. The van der Waals surface area contributed by atoms with Crippen LogP contribution < -0.4 is 15.8 Å². The first-order valence-corrected chi connectivity index (χ1v) is 11.8. The average Bonchev–Trinajstić information content (AvgIpc) is 3.56. The molecule has 3 aromatic rings. The number of carbonyl (C=O) groups excluding carboxylic acids is 1. The Morgan fingerprint density at radius 2 is 2.19 bits per heavy atom. The number of thiazole rings is 1. The van der Waals surface area contributed by atoms with E-state index < -0.39 is 0 Å². The molecule has 0 aromatic carbocycles. The van der Waals surface area contributed by atoms with Crippen molar-refractivity contribution in [2.45, 2.75) is 44.8 Å². The summed E-state index contributed by atoms with van der Waals surface area (Å²) in [5, 5.41) is 9.71. The molecule has 1 unspecified atom stereocenters. The summed E-state index contributed by atoms with van der Waals surface area (Å²) in [5.41, 5.74) is 11.6. The van der Waals surface area contributed by atoms with Gasteiger partial charge in [0.1, 0.15) is 6.10 Å². The van der Waals surface area contributed by atoms with E-state index in [0.29, 0.717) is 18.1 Å². The predicted octanol–water partition coefficient (Wildman–Crippen LogP) is 3.20. The van der Waals surface area contributed by atoms with E-state index >= 15 is 0 Å². The first-order chi connectivity index (χ1) is 15.5. The summed E-state index contributed by atoms with van der Waals surface area (Å²) in [6.45, 7) is 6.87. The summed E-state index contributed by atoms with van der Waals surface area (Å²) in [5.74, 6) is 0.863. The summed E-state index contributed by atoms with van der Waals surface area (Å²) in [4.78, 5) is 22.9. The van der Waals surface area contributed by atoms with Crippen molar-refractivity contribution < 1.29 is 9.53 Å². The van der Waals surface area contributed by atoms with Crippen molar-refractivity contribution in [2.75, 3.05) is 25.4 Å². The number of carbonyl (C=O) groups is 1. The Labute approximate surface area is 190 Å². The van der Waals surface area contributed by atoms with Crippen LogP contribution in [0.4, 0.5) is 10.6 Å². The topological polar surface area (TPSA) is 111 Å². The van der Waals surface area contributed by atoms with Gasteiger partial charge < -0.3 is 20.7 Å². The molecular formula is C22H27N7O2S. The molecule has 2 aliphatic heterocycles. The van der Waals surface area contributed by atoms with Crippen LogP contribution in [-0.4, -0.2) is 50.3 Å². The van der Waals surface area contributed by atoms with E-state index in [1.165, 1.54) is 17.0 Å². The van der Waals surface area contributed by atoms with Crippen molar-refractivity contribution in [3.63, 3.8) is 0 Å². The second-order valence-corrected chi connectivity index (χ2v) is 9.17. The van der Waals surface area contributed by atoms with Gasteiger partial charge in [0.25, 0.3) is 0 Å². The van der Waals surface area contributed by atoms with E-state index in [2.05, 4.69) is 26.0 Å². The number of ether oxygens (including phenoxy) is 1. The van der Waals surface area contributed by atoms with Crippen molar-refractivity contribution in [3.05, 3.63) is 40.6 Å². The minimum Gasteiger partial charge on any atom is -0.480 e. The fourth-order valence-corrected chi connectivity index (χ4v) is 5.32. The summed E-state index contributed by atoms with van der Waals surface area (Å²) >= 11 is 1.53. The number of nitrogen functional groups attached to an aromatic ring is 1. The van der Waals surface area contributed by atoms with Crippen molar-refractivity contribution >= 4 is 23.2 Å². The van der Waals surface area contributed by atoms with Gasteiger partial charge in [-0.25, -0.2) is 14.8 Å². The third kappa shape index (κ3) is 3.58. The predicted molar refractivity (Wildman–Crippen MR) is 123 cm³/mol. The third-order valence-corrected chi connectivity index (χ3v) is 7.05. The minimum absolute atomic E-state index is 0.0151. The van der Waals surface area contributed by atoms with Gasteiger partial charge in [0.2, 0.25) is 0 Å². The number of aryl methyl sites for hydroxylation is 1. The number of urea groups is 1. The summed E-state index contributed by atoms with van der Waals surface area (Å²) in [6.07, 6.45) is 3.46. The van der Waals surface area contributed by atoms with Crippen LogP contribution in [0.25, 0.3) is 11.3 Å². The number of amides is 2. The maximum atomic E-state index is 12.3. The highest BCUT2D eigenvalue weighted by Crippen LogP contribution is 2.44. The number of aromatic nitrogens is 4. The van der Waals surface area contributed by atoms with Gasteiger partial charge in [-0.2, -0.15) is 5.10 Å². The zero-order valence-corrected chi connectivity index (χ0v) is 19.1. The summed E-state index contributed by atoms with van der Waals surface area (Å²) in [6, 6.07) is 4.04. The van der Waals surface area contributed by atoms with E-state index in [1.54, 1.807) is 11.7 Å². The van der Waals surface area contributed by atoms with Gasteiger partial charge in [-0.3, -0.25) is 4.68 Å². The number of nitrogens with one attached hydrogen (secondary N) is 1. The molecule has 0 radical (unpaired) electrons. The van der Waals surface area contributed by atoms with Crippen LogP contribution in [-0.2, 0) is 12.0 Å². The molecule has 32 heavy (non-hydrogen) atoms. The van der Waals surface area contributed by atoms with Crippen LogP contribution in [0.15, 0.2) is 29.2 Å². The Bertz CT molecular complexity index is 1130. The van der Waals surface area contributed by atoms with Crippen molar-refractivity contribution in [3.8, 4) is 17.0 Å². The number of hydrogen-bond donors (Lipinski definition) is 2. The molecule has 1 saturated heterocycles. The first kappa shape index (κ1) is 20.7. The molecule has 168 valence electrons. The highest BCUT2D eigenvalue weighted by Gasteiger charge is 2.46. The van der Waals surface area contributed by atoms with Gasteiger partial charge in [0.15, 0.2) is 11.6 Å². The second kappa shape index (κ2) is 8.09. The maximum absolute atomic E-state index is 12.3. The molecule has 2 atom stereocenters. The van der Waals surface area contributed by atoms with Crippen molar-refractivity contribution in [1.29, 1.82) is 0 Å². The van der Waals surface area contributed by atoms with E-state index in [4.69, 9.17) is 15.6 Å². The number of nitrogens with two attached hydrogens (primary N) is 1. The van der Waals surface area contributed by atoms with Crippen LogP contribution >= 0.6 is 11.3 Å². The fraction of sp³-hybridized carbons (Fsp3) is 0.455. The van der Waals surface area contributed by atoms with Gasteiger partial charge in [0, 0.05) is 54.4 Å². The molecule has 1 fully saturated rings. The monoisotopic (exact) mass is 453 g/mol. The van der Waals surface area contributed by atoms with Crippen LogP contribution in [0.2, 0.25) is 0 Å². The molecule has 9 nitrogen and oxygen atoms in total. The first-order valence-electron chi connectivity index (χ1n) is 10.9. The standard InChI is InChI=1S/C22H27N7O2S/c1-3-24-21(30)28-6-4-22(12-28)5-7-29-19(22)9-16(27-29)15-8-18(20(23)25-10-15)31-14(2)17-11-32-13-26-17/h8-11,13-14H,3-7,12H2,1-2H3,(H2,23,25)(H,24,30)/t14?,22-/m1/s1. The molecule has 3 N–H and O–H groups in total. The van der Waals surface area contributed by atoms with Crippen LogP contribution in [0.5, 0.6) is 5.75 Å². The van der Waals surface area contributed by atoms with Gasteiger partial charge in [-0.05, 0) is 38.8 Å². The lowest BCUT2D eigenvalue weighted by Gasteiger charge is -2.23. The Kier molecular flexibility index (Phi) is 5.24. The molecular weight excluding hydrogens is 426 g/mol. The Hall–Kier alpha value is -3.14. The highest BCUT2D eigenvalue weighted by molar-refractivity contribution is 7.07. The number of anilines is 1. The third-order valence-electron chi connectivity index (χ3n) is 6.44. The van der Waals surface area contributed by atoms with Gasteiger partial charge >= 0.3 is 6.03 Å². The smallest absolute Gasteiger partial charge is 0.317 e. The van der Waals surface area contributed by atoms with E-state index in [1.807, 2.05) is 30.2 Å². The van der Waals surface area contributed by atoms with Crippen LogP contribution in [0.3, 0.4) is 0 Å². The average molecular weight is 454 g/mol. The SMILES string of the molecule is CCNC(=O)N1CC[C@@]2(CCn3nc(-c4cnc(N)c(OC(C)c5cscn5)c4)cc32)C1. The molecule has 5 rings (SSSR count). The molecule has 2 amide bonds. The number of likely N-dealkylation sites (tertiary alicyclic amines) is 1. The van der Waals surface area contributed by atoms with E-state index in [0.717, 1.165) is 49.4 Å². The van der Waals surface area contributed by atoms with Crippen molar-refractivity contribution in [2.24, 2.45) is 0 Å². The molecule has 2 aliphatic rings. The number of fused-ring (bicyclic) bond motifs is 2. The minimum atomic E-state index is -0.227. The summed E-state index contributed by atoms with van der Waals surface area (Å²) in [7, 11) is 0. The van der Waals surface area contributed by atoms with E-state index in [-0.39, 0.29) is 17.6 Å². The number of nitrogens with zero attached hydrogens (tertiary/aromatic N) is 5. The molecule has 0 aliphatic carbocycles. The van der Waals surface area contributed by atoms with Crippen LogP contribution in [0, 0.1) is 0 Å². The number of hydrogen-bond acceptors (Lipinski definition) is 7. The zero-order chi connectivity index (χ0) is 22.3. The fourth-order valence-electron chi connectivity index (χ4n) is 4.69. The highest BCUT2D eigenvalue weighted by atomic mass is 32.1. The molecule has 3 aromatic heterocycles. The zero-order valence-electron chi connectivity index (χ0n) is 18.2. The lowest BCUT2D eigenvalue weighted by Crippen LogP contribution is -2.40. The number of pyridine rings is 1. The quantitative estimate of drug-likeness (QED) is 0.614. The normalized spacial score (nSPS) is 20.5. The van der Waals surface area contributed by atoms with Gasteiger partial charge in [0.05, 0.1) is 16.9 Å². The Morgan fingerprint density at radius 1 is 1.34 bits per heavy atom.